The average molecular weight is 558 g/mol. The van der Waals surface area contributed by atoms with Crippen LogP contribution in [-0.2, 0) is 14.3 Å². The number of hydrogen-bond donors (Lipinski definition) is 1. The number of methoxy groups -OCH3 is 4. The molecule has 190 valence electrons. The molecule has 2 aliphatic rings. The largest absolute Gasteiger partial charge is 0.503 e. The van der Waals surface area contributed by atoms with Gasteiger partial charge in [-0.15, -0.1) is 0 Å². The maximum atomic E-state index is 13.7. The van der Waals surface area contributed by atoms with Crippen molar-refractivity contribution in [3.05, 3.63) is 57.2 Å². The molecular weight excluding hydrogens is 530 g/mol. The number of aliphatic imine (C=N–C) groups is 1. The van der Waals surface area contributed by atoms with Crippen LogP contribution in [0, 0.1) is 5.92 Å². The fraction of sp³-hybridized carbons (Fsp3) is 0.370. The maximum absolute atomic E-state index is 13.7. The van der Waals surface area contributed by atoms with Crippen molar-refractivity contribution in [1.82, 2.24) is 0 Å². The second-order valence-electron chi connectivity index (χ2n) is 8.79. The van der Waals surface area contributed by atoms with Crippen molar-refractivity contribution in [2.75, 3.05) is 28.4 Å². The lowest BCUT2D eigenvalue weighted by molar-refractivity contribution is -0.143. The van der Waals surface area contributed by atoms with Crippen molar-refractivity contribution in [2.45, 2.75) is 31.6 Å². The van der Waals surface area contributed by atoms with E-state index in [1.807, 2.05) is 18.2 Å². The lowest BCUT2D eigenvalue weighted by Crippen LogP contribution is -2.37. The van der Waals surface area contributed by atoms with Crippen LogP contribution in [0.3, 0.4) is 0 Å². The molecule has 4 rings (SSSR count). The molecule has 1 unspecified atom stereocenters. The van der Waals surface area contributed by atoms with Gasteiger partial charge in [0.1, 0.15) is 5.92 Å². The number of aromatic hydroxyl groups is 1. The summed E-state index contributed by atoms with van der Waals surface area (Å²) in [7, 11) is 5.91. The smallest absolute Gasteiger partial charge is 0.315 e. The summed E-state index contributed by atoms with van der Waals surface area (Å²) in [6, 6.07) is 9.00. The molecule has 2 aromatic rings. The van der Waals surface area contributed by atoms with Crippen LogP contribution in [-0.4, -0.2) is 51.0 Å². The van der Waals surface area contributed by atoms with E-state index in [9.17, 15) is 14.7 Å². The third kappa shape index (κ3) is 4.48. The number of ketones is 1. The Morgan fingerprint density at radius 2 is 1.64 bits per heavy atom. The summed E-state index contributed by atoms with van der Waals surface area (Å²) in [4.78, 5) is 31.4. The van der Waals surface area contributed by atoms with Crippen LogP contribution < -0.4 is 14.2 Å². The van der Waals surface area contributed by atoms with Crippen molar-refractivity contribution in [1.29, 1.82) is 0 Å². The van der Waals surface area contributed by atoms with Gasteiger partial charge >= 0.3 is 5.97 Å². The van der Waals surface area contributed by atoms with E-state index < -0.39 is 17.8 Å². The summed E-state index contributed by atoms with van der Waals surface area (Å²) in [5, 5.41) is 10.3. The van der Waals surface area contributed by atoms with Crippen molar-refractivity contribution in [2.24, 2.45) is 10.9 Å². The number of carbonyl (C=O) groups is 2. The highest BCUT2D eigenvalue weighted by Gasteiger charge is 2.45. The van der Waals surface area contributed by atoms with E-state index in [4.69, 9.17) is 23.9 Å². The number of ether oxygens (including phenoxy) is 4. The Balaban J connectivity index is 1.83. The fourth-order valence-electron chi connectivity index (χ4n) is 5.12. The Kier molecular flexibility index (Phi) is 7.40. The van der Waals surface area contributed by atoms with Crippen LogP contribution in [0.25, 0.3) is 0 Å². The molecule has 0 fully saturated rings. The van der Waals surface area contributed by atoms with E-state index in [1.54, 1.807) is 33.3 Å². The lowest BCUT2D eigenvalue weighted by atomic mass is 9.69. The van der Waals surface area contributed by atoms with Gasteiger partial charge in [-0.3, -0.25) is 14.6 Å². The first-order valence-electron chi connectivity index (χ1n) is 11.4. The molecule has 1 heterocycles. The predicted molar refractivity (Wildman–Crippen MR) is 137 cm³/mol. The van der Waals surface area contributed by atoms with E-state index in [-0.39, 0.29) is 29.6 Å². The molecule has 8 nitrogen and oxygen atoms in total. The van der Waals surface area contributed by atoms with E-state index >= 15 is 0 Å². The van der Waals surface area contributed by atoms with Crippen LogP contribution in [0.15, 0.2) is 51.1 Å². The third-order valence-corrected chi connectivity index (χ3v) is 7.46. The molecule has 0 spiro atoms. The third-order valence-electron chi connectivity index (χ3n) is 6.85. The van der Waals surface area contributed by atoms with Gasteiger partial charge in [-0.25, -0.2) is 0 Å². The van der Waals surface area contributed by atoms with Gasteiger partial charge in [0.15, 0.2) is 28.8 Å². The molecule has 0 saturated carbocycles. The Hall–Kier alpha value is -3.33. The summed E-state index contributed by atoms with van der Waals surface area (Å²) in [5.41, 5.74) is 3.30. The second kappa shape index (κ2) is 10.3. The summed E-state index contributed by atoms with van der Waals surface area (Å²) in [5.74, 6) is -0.709. The number of allylic oxidation sites excluding steroid dienone is 2. The number of carbonyl (C=O) groups excluding carboxylic acids is 2. The zero-order valence-corrected chi connectivity index (χ0v) is 22.3. The van der Waals surface area contributed by atoms with Crippen LogP contribution in [0.5, 0.6) is 23.0 Å². The van der Waals surface area contributed by atoms with Gasteiger partial charge in [0.25, 0.3) is 0 Å². The normalized spacial score (nSPS) is 21.4. The Morgan fingerprint density at radius 1 is 0.972 bits per heavy atom. The van der Waals surface area contributed by atoms with Crippen molar-refractivity contribution in [3.63, 3.8) is 0 Å². The first-order valence-corrected chi connectivity index (χ1v) is 12.2. The summed E-state index contributed by atoms with van der Waals surface area (Å²) >= 11 is 3.36. The van der Waals surface area contributed by atoms with Gasteiger partial charge < -0.3 is 24.1 Å². The molecule has 9 heteroatoms. The Bertz CT molecular complexity index is 1280. The number of phenols is 1. The number of esters is 1. The molecule has 3 atom stereocenters. The van der Waals surface area contributed by atoms with Gasteiger partial charge in [0, 0.05) is 29.3 Å². The van der Waals surface area contributed by atoms with E-state index in [2.05, 4.69) is 15.9 Å². The van der Waals surface area contributed by atoms with Gasteiger partial charge in [-0.1, -0.05) is 6.07 Å². The average Bonchev–Trinajstić information content (AvgIpc) is 2.88. The van der Waals surface area contributed by atoms with Crippen molar-refractivity contribution < 1.29 is 33.6 Å². The molecule has 0 amide bonds. The van der Waals surface area contributed by atoms with Crippen LogP contribution in [0.4, 0.5) is 0 Å². The quantitative estimate of drug-likeness (QED) is 0.502. The van der Waals surface area contributed by atoms with Gasteiger partial charge in [0.2, 0.25) is 0 Å². The lowest BCUT2D eigenvalue weighted by Gasteiger charge is -2.36. The van der Waals surface area contributed by atoms with Gasteiger partial charge in [0.05, 0.1) is 32.9 Å². The molecule has 2 aromatic carbocycles. The molecule has 36 heavy (non-hydrogen) atoms. The molecule has 0 bridgehead atoms. The molecule has 1 aliphatic carbocycles. The SMILES string of the molecule is COC(=O)C1C(C)=NC2=C(C(=O)C[C@@H](c3ccc(OC)c(OC)c3)C2)[C@H]1c1cc(Br)c(O)c(OC)c1. The fourth-order valence-corrected chi connectivity index (χ4v) is 5.58. The zero-order valence-electron chi connectivity index (χ0n) is 20.8. The molecule has 0 saturated heterocycles. The first-order chi connectivity index (χ1) is 17.2. The Morgan fingerprint density at radius 3 is 2.28 bits per heavy atom. The molecule has 1 N–H and O–H groups in total. The highest BCUT2D eigenvalue weighted by Crippen LogP contribution is 2.49. The molecule has 0 aromatic heterocycles. The van der Waals surface area contributed by atoms with Gasteiger partial charge in [-0.2, -0.15) is 0 Å². The van der Waals surface area contributed by atoms with Crippen molar-refractivity contribution in [3.8, 4) is 23.0 Å². The number of hydrogen-bond acceptors (Lipinski definition) is 8. The summed E-state index contributed by atoms with van der Waals surface area (Å²) in [6.45, 7) is 1.77. The van der Waals surface area contributed by atoms with Gasteiger partial charge in [-0.05, 0) is 70.6 Å². The first kappa shape index (κ1) is 25.8. The van der Waals surface area contributed by atoms with E-state index in [0.717, 1.165) is 5.56 Å². The number of Topliss-reactive ketones (excluding diaryl/α,β-unsaturated/α-hetero) is 1. The molecule has 0 radical (unpaired) electrons. The minimum absolute atomic E-state index is 0.0604. The molecule has 1 aliphatic heterocycles. The number of benzene rings is 2. The number of phenolic OH excluding ortho intramolecular Hbond substituents is 1. The number of rotatable bonds is 6. The maximum Gasteiger partial charge on any atom is 0.315 e. The monoisotopic (exact) mass is 557 g/mol. The van der Waals surface area contributed by atoms with Crippen LogP contribution >= 0.6 is 15.9 Å². The highest BCUT2D eigenvalue weighted by atomic mass is 79.9. The van der Waals surface area contributed by atoms with Crippen molar-refractivity contribution >= 4 is 33.4 Å². The minimum atomic E-state index is -0.781. The van der Waals surface area contributed by atoms with E-state index in [1.165, 1.54) is 14.2 Å². The van der Waals surface area contributed by atoms with Crippen LogP contribution in [0.1, 0.15) is 42.7 Å². The standard InChI is InChI=1S/C27H28BrNO7/c1-13-23(27(32)36-5)24(16-8-17(28)26(31)22(12-16)35-4)25-18(29-13)9-15(10-19(25)30)14-6-7-20(33-2)21(11-14)34-3/h6-8,11-12,15,23-24,31H,9-10H2,1-5H3/t15-,23?,24-/m0/s1. The topological polar surface area (TPSA) is 104 Å². The number of nitrogens with zero attached hydrogens (tertiary/aromatic N) is 1. The minimum Gasteiger partial charge on any atom is -0.503 e. The Labute approximate surface area is 218 Å². The predicted octanol–water partition coefficient (Wildman–Crippen LogP) is 4.93. The number of halogens is 1. The van der Waals surface area contributed by atoms with Crippen LogP contribution in [0.2, 0.25) is 0 Å². The molecular formula is C27H28BrNO7. The highest BCUT2D eigenvalue weighted by molar-refractivity contribution is 9.10. The van der Waals surface area contributed by atoms with E-state index in [0.29, 0.717) is 44.9 Å². The summed E-state index contributed by atoms with van der Waals surface area (Å²) < 4.78 is 21.6. The second-order valence-corrected chi connectivity index (χ2v) is 9.64. The zero-order chi connectivity index (χ0) is 26.1. The summed E-state index contributed by atoms with van der Waals surface area (Å²) in [6.07, 6.45) is 0.776.